The molecule has 4 rings (SSSR count). The summed E-state index contributed by atoms with van der Waals surface area (Å²) in [6.45, 7) is 1.81. The zero-order chi connectivity index (χ0) is 19.5. The summed E-state index contributed by atoms with van der Waals surface area (Å²) in [7, 11) is 0. The number of para-hydroxylation sites is 2. The average Bonchev–Trinajstić information content (AvgIpc) is 2.71. The normalized spacial score (nSPS) is 12.3. The van der Waals surface area contributed by atoms with E-state index in [-0.39, 0.29) is 18.2 Å². The van der Waals surface area contributed by atoms with Crippen molar-refractivity contribution in [3.8, 4) is 11.5 Å². The van der Waals surface area contributed by atoms with Crippen LogP contribution in [0, 0.1) is 0 Å². The first-order valence-electron chi connectivity index (χ1n) is 9.12. The number of rotatable bonds is 5. The summed E-state index contributed by atoms with van der Waals surface area (Å²) in [5.74, 6) is 0.897. The van der Waals surface area contributed by atoms with Crippen molar-refractivity contribution >= 4 is 23.1 Å². The van der Waals surface area contributed by atoms with E-state index in [2.05, 4.69) is 10.6 Å². The van der Waals surface area contributed by atoms with Gasteiger partial charge in [0.05, 0.1) is 12.5 Å². The van der Waals surface area contributed by atoms with Crippen LogP contribution in [0.5, 0.6) is 11.5 Å². The Labute approximate surface area is 163 Å². The molecule has 0 saturated carbocycles. The van der Waals surface area contributed by atoms with Gasteiger partial charge in [0.1, 0.15) is 17.3 Å². The van der Waals surface area contributed by atoms with E-state index in [4.69, 9.17) is 4.74 Å². The van der Waals surface area contributed by atoms with Gasteiger partial charge in [0, 0.05) is 22.5 Å². The number of carbonyl (C=O) groups is 2. The van der Waals surface area contributed by atoms with Crippen molar-refractivity contribution in [2.75, 3.05) is 17.2 Å². The molecule has 140 valence electrons. The summed E-state index contributed by atoms with van der Waals surface area (Å²) in [6.07, 6.45) is 0. The molecule has 2 N–H and O–H groups in total. The molecule has 0 unspecified atom stereocenters. The maximum atomic E-state index is 13.2. The Balaban J connectivity index is 1.58. The number of carbonyl (C=O) groups excluding carboxylic acids is 2. The fraction of sp³-hybridized carbons (Fsp3) is 0.130. The number of benzene rings is 3. The minimum absolute atomic E-state index is 0.0641. The molecule has 0 atom stereocenters. The van der Waals surface area contributed by atoms with Gasteiger partial charge in [0.15, 0.2) is 0 Å². The molecule has 0 spiro atoms. The van der Waals surface area contributed by atoms with Gasteiger partial charge in [-0.25, -0.2) is 0 Å². The van der Waals surface area contributed by atoms with Crippen LogP contribution in [0.2, 0.25) is 0 Å². The summed E-state index contributed by atoms with van der Waals surface area (Å²) >= 11 is 0. The summed E-state index contributed by atoms with van der Waals surface area (Å²) in [5.41, 5.74) is 3.21. The minimum atomic E-state index is -0.448. The second-order valence-corrected chi connectivity index (χ2v) is 6.73. The topological polar surface area (TPSA) is 67.4 Å². The summed E-state index contributed by atoms with van der Waals surface area (Å²) in [5, 5.41) is 6.03. The molecule has 1 aliphatic heterocycles. The second-order valence-electron chi connectivity index (χ2n) is 6.73. The number of ketones is 1. The van der Waals surface area contributed by atoms with E-state index < -0.39 is 5.92 Å². The lowest BCUT2D eigenvalue weighted by atomic mass is 9.87. The molecule has 1 heterocycles. The molecule has 3 aromatic carbocycles. The van der Waals surface area contributed by atoms with Crippen molar-refractivity contribution in [3.63, 3.8) is 0 Å². The minimum Gasteiger partial charge on any atom is -0.457 e. The van der Waals surface area contributed by atoms with Crippen LogP contribution in [-0.2, 0) is 9.59 Å². The number of ether oxygens (including phenoxy) is 1. The van der Waals surface area contributed by atoms with E-state index in [0.29, 0.717) is 17.2 Å². The molecule has 0 aromatic heterocycles. The van der Waals surface area contributed by atoms with Gasteiger partial charge < -0.3 is 15.4 Å². The maximum Gasteiger partial charge on any atom is 0.236 e. The van der Waals surface area contributed by atoms with Gasteiger partial charge in [0.2, 0.25) is 5.91 Å². The van der Waals surface area contributed by atoms with Crippen LogP contribution in [0.4, 0.5) is 11.4 Å². The Morgan fingerprint density at radius 1 is 0.821 bits per heavy atom. The molecule has 28 heavy (non-hydrogen) atoms. The smallest absolute Gasteiger partial charge is 0.236 e. The van der Waals surface area contributed by atoms with Crippen molar-refractivity contribution in [3.05, 3.63) is 83.9 Å². The largest absolute Gasteiger partial charge is 0.457 e. The van der Waals surface area contributed by atoms with E-state index in [0.717, 1.165) is 16.8 Å². The Bertz CT molecular complexity index is 983. The van der Waals surface area contributed by atoms with Crippen molar-refractivity contribution in [2.45, 2.75) is 12.8 Å². The summed E-state index contributed by atoms with van der Waals surface area (Å²) in [4.78, 5) is 24.2. The van der Waals surface area contributed by atoms with Gasteiger partial charge in [-0.1, -0.05) is 36.4 Å². The zero-order valence-corrected chi connectivity index (χ0v) is 15.4. The number of hydrogen-bond acceptors (Lipinski definition) is 4. The molecule has 0 bridgehead atoms. The van der Waals surface area contributed by atoms with Crippen LogP contribution in [0.3, 0.4) is 0 Å². The van der Waals surface area contributed by atoms with Crippen LogP contribution >= 0.6 is 0 Å². The summed E-state index contributed by atoms with van der Waals surface area (Å²) < 4.78 is 5.95. The van der Waals surface area contributed by atoms with Crippen LogP contribution < -0.4 is 15.4 Å². The van der Waals surface area contributed by atoms with Gasteiger partial charge in [0.25, 0.3) is 0 Å². The Kier molecular flexibility index (Phi) is 4.81. The molecule has 1 aliphatic rings. The monoisotopic (exact) mass is 372 g/mol. The highest BCUT2D eigenvalue weighted by Gasteiger charge is 2.32. The lowest BCUT2D eigenvalue weighted by molar-refractivity contribution is -0.117. The number of fused-ring (bicyclic) bond motifs is 2. The van der Waals surface area contributed by atoms with E-state index in [9.17, 15) is 9.59 Å². The SMILES string of the molecule is CC(=O)CNc1ccc(NC(=O)C2c3ccccc3Oc3ccccc32)cc1. The molecule has 0 saturated heterocycles. The number of anilines is 2. The van der Waals surface area contributed by atoms with Gasteiger partial charge in [-0.05, 0) is 43.3 Å². The first kappa shape index (κ1) is 17.8. The molecular weight excluding hydrogens is 352 g/mol. The van der Waals surface area contributed by atoms with Gasteiger partial charge in [-0.2, -0.15) is 0 Å². The third kappa shape index (κ3) is 3.60. The average molecular weight is 372 g/mol. The lowest BCUT2D eigenvalue weighted by Gasteiger charge is -2.27. The van der Waals surface area contributed by atoms with E-state index in [1.807, 2.05) is 72.8 Å². The number of nitrogens with one attached hydrogen (secondary N) is 2. The van der Waals surface area contributed by atoms with Crippen LogP contribution in [-0.4, -0.2) is 18.2 Å². The molecule has 5 nitrogen and oxygen atoms in total. The fourth-order valence-corrected chi connectivity index (χ4v) is 3.30. The Morgan fingerprint density at radius 2 is 1.36 bits per heavy atom. The lowest BCUT2D eigenvalue weighted by Crippen LogP contribution is -2.25. The Hall–Kier alpha value is -3.60. The van der Waals surface area contributed by atoms with Crippen LogP contribution in [0.1, 0.15) is 24.0 Å². The number of hydrogen-bond donors (Lipinski definition) is 2. The van der Waals surface area contributed by atoms with E-state index >= 15 is 0 Å². The predicted molar refractivity (Wildman–Crippen MR) is 109 cm³/mol. The molecule has 0 aliphatic carbocycles. The van der Waals surface area contributed by atoms with Crippen molar-refractivity contribution in [1.29, 1.82) is 0 Å². The van der Waals surface area contributed by atoms with Gasteiger partial charge >= 0.3 is 0 Å². The van der Waals surface area contributed by atoms with Crippen molar-refractivity contribution in [1.82, 2.24) is 0 Å². The van der Waals surface area contributed by atoms with Gasteiger partial charge in [-0.15, -0.1) is 0 Å². The van der Waals surface area contributed by atoms with Crippen LogP contribution in [0.25, 0.3) is 0 Å². The van der Waals surface area contributed by atoms with Crippen molar-refractivity contribution in [2.24, 2.45) is 0 Å². The highest BCUT2D eigenvalue weighted by atomic mass is 16.5. The standard InChI is InChI=1S/C23H20N2O3/c1-15(26)14-24-16-10-12-17(13-11-16)25-23(27)22-18-6-2-4-8-20(18)28-21-9-5-3-7-19(21)22/h2-13,22,24H,14H2,1H3,(H,25,27). The zero-order valence-electron chi connectivity index (χ0n) is 15.4. The highest BCUT2D eigenvalue weighted by molar-refractivity contribution is 5.99. The van der Waals surface area contributed by atoms with Crippen molar-refractivity contribution < 1.29 is 14.3 Å². The number of Topliss-reactive ketones (excluding diaryl/α,β-unsaturated/α-hetero) is 1. The second kappa shape index (κ2) is 7.56. The number of amides is 1. The molecule has 1 amide bonds. The first-order chi connectivity index (χ1) is 13.6. The molecule has 5 heteroatoms. The molecular formula is C23H20N2O3. The Morgan fingerprint density at radius 3 is 1.93 bits per heavy atom. The van der Waals surface area contributed by atoms with E-state index in [1.165, 1.54) is 6.92 Å². The molecule has 0 fully saturated rings. The first-order valence-corrected chi connectivity index (χ1v) is 9.12. The predicted octanol–water partition coefficient (Wildman–Crippen LogP) is 4.56. The summed E-state index contributed by atoms with van der Waals surface area (Å²) in [6, 6.07) is 22.5. The van der Waals surface area contributed by atoms with E-state index in [1.54, 1.807) is 0 Å². The van der Waals surface area contributed by atoms with Crippen LogP contribution in [0.15, 0.2) is 72.8 Å². The van der Waals surface area contributed by atoms with Gasteiger partial charge in [-0.3, -0.25) is 9.59 Å². The maximum absolute atomic E-state index is 13.2. The fourth-order valence-electron chi connectivity index (χ4n) is 3.30. The molecule has 3 aromatic rings. The third-order valence-electron chi connectivity index (χ3n) is 4.64. The third-order valence-corrected chi connectivity index (χ3v) is 4.64. The molecule has 0 radical (unpaired) electrons. The highest BCUT2D eigenvalue weighted by Crippen LogP contribution is 2.44. The quantitative estimate of drug-likeness (QED) is 0.689.